The molecular formula is C22H27N5. The average Bonchev–Trinajstić information content (AvgIpc) is 2.73. The summed E-state index contributed by atoms with van der Waals surface area (Å²) in [5, 5.41) is 4.60. The Bertz CT molecular complexity index is 898. The number of nitrogens with one attached hydrogen (secondary N) is 1. The highest BCUT2D eigenvalue weighted by molar-refractivity contribution is 5.90. The first-order valence-corrected chi connectivity index (χ1v) is 9.76. The monoisotopic (exact) mass is 361 g/mol. The number of para-hydroxylation sites is 1. The van der Waals surface area contributed by atoms with Crippen LogP contribution in [0.1, 0.15) is 18.1 Å². The first kappa shape index (κ1) is 17.7. The van der Waals surface area contributed by atoms with Gasteiger partial charge in [0.2, 0.25) is 5.95 Å². The number of likely N-dealkylation sites (N-methyl/N-ethyl adjacent to an activating group) is 1. The van der Waals surface area contributed by atoms with Gasteiger partial charge in [0.05, 0.1) is 5.52 Å². The van der Waals surface area contributed by atoms with Crippen molar-refractivity contribution in [2.45, 2.75) is 20.4 Å². The SMILES string of the molecule is CCN1CCN(c2nc(NCc3ccc(C)cc3)c3ccccc3n2)CC1. The van der Waals surface area contributed by atoms with Crippen LogP contribution in [0.25, 0.3) is 10.9 Å². The second-order valence-electron chi connectivity index (χ2n) is 7.15. The van der Waals surface area contributed by atoms with E-state index in [1.807, 2.05) is 12.1 Å². The second-order valence-corrected chi connectivity index (χ2v) is 7.15. The van der Waals surface area contributed by atoms with Gasteiger partial charge < -0.3 is 15.1 Å². The Morgan fingerprint density at radius 2 is 1.67 bits per heavy atom. The molecule has 0 bridgehead atoms. The van der Waals surface area contributed by atoms with Gasteiger partial charge in [-0.15, -0.1) is 0 Å². The van der Waals surface area contributed by atoms with Crippen molar-refractivity contribution in [2.75, 3.05) is 42.9 Å². The van der Waals surface area contributed by atoms with Gasteiger partial charge >= 0.3 is 0 Å². The normalized spacial score (nSPS) is 15.3. The van der Waals surface area contributed by atoms with Gasteiger partial charge in [0.1, 0.15) is 5.82 Å². The highest BCUT2D eigenvalue weighted by Crippen LogP contribution is 2.24. The number of nitrogens with zero attached hydrogens (tertiary/aromatic N) is 4. The lowest BCUT2D eigenvalue weighted by Crippen LogP contribution is -2.46. The van der Waals surface area contributed by atoms with Crippen LogP contribution < -0.4 is 10.2 Å². The van der Waals surface area contributed by atoms with Crippen molar-refractivity contribution in [3.63, 3.8) is 0 Å². The molecule has 4 rings (SSSR count). The minimum absolute atomic E-state index is 0.754. The quantitative estimate of drug-likeness (QED) is 0.751. The van der Waals surface area contributed by atoms with E-state index in [-0.39, 0.29) is 0 Å². The fourth-order valence-corrected chi connectivity index (χ4v) is 3.50. The summed E-state index contributed by atoms with van der Waals surface area (Å²) in [6.07, 6.45) is 0. The smallest absolute Gasteiger partial charge is 0.227 e. The topological polar surface area (TPSA) is 44.3 Å². The van der Waals surface area contributed by atoms with Crippen LogP contribution in [0.3, 0.4) is 0 Å². The van der Waals surface area contributed by atoms with Gasteiger partial charge in [-0.1, -0.05) is 48.9 Å². The lowest BCUT2D eigenvalue weighted by molar-refractivity contribution is 0.270. The molecule has 27 heavy (non-hydrogen) atoms. The first-order valence-electron chi connectivity index (χ1n) is 9.76. The van der Waals surface area contributed by atoms with Crippen molar-refractivity contribution in [2.24, 2.45) is 0 Å². The predicted molar refractivity (Wildman–Crippen MR) is 112 cm³/mol. The second kappa shape index (κ2) is 7.92. The molecule has 1 aromatic heterocycles. The van der Waals surface area contributed by atoms with Crippen molar-refractivity contribution in [1.82, 2.24) is 14.9 Å². The Morgan fingerprint density at radius 3 is 2.41 bits per heavy atom. The van der Waals surface area contributed by atoms with Gasteiger partial charge in [0.15, 0.2) is 0 Å². The molecule has 0 aliphatic carbocycles. The maximum absolute atomic E-state index is 4.89. The third-order valence-electron chi connectivity index (χ3n) is 5.27. The minimum atomic E-state index is 0.754. The molecule has 1 fully saturated rings. The molecule has 0 atom stereocenters. The summed E-state index contributed by atoms with van der Waals surface area (Å²) in [6, 6.07) is 16.9. The fourth-order valence-electron chi connectivity index (χ4n) is 3.50. The maximum Gasteiger partial charge on any atom is 0.227 e. The molecule has 0 spiro atoms. The summed E-state index contributed by atoms with van der Waals surface area (Å²) in [5.41, 5.74) is 3.52. The number of anilines is 2. The Kier molecular flexibility index (Phi) is 5.21. The van der Waals surface area contributed by atoms with Gasteiger partial charge in [0.25, 0.3) is 0 Å². The molecule has 0 radical (unpaired) electrons. The van der Waals surface area contributed by atoms with Crippen molar-refractivity contribution in [3.05, 3.63) is 59.7 Å². The zero-order valence-electron chi connectivity index (χ0n) is 16.2. The summed E-state index contributed by atoms with van der Waals surface area (Å²) >= 11 is 0. The number of aromatic nitrogens is 2. The molecule has 0 amide bonds. The summed E-state index contributed by atoms with van der Waals surface area (Å²) in [6.45, 7) is 10.3. The van der Waals surface area contributed by atoms with E-state index >= 15 is 0 Å². The molecule has 1 N–H and O–H groups in total. The molecule has 0 saturated carbocycles. The Hall–Kier alpha value is -2.66. The Balaban J connectivity index is 1.59. The lowest BCUT2D eigenvalue weighted by atomic mass is 10.1. The lowest BCUT2D eigenvalue weighted by Gasteiger charge is -2.34. The molecule has 1 saturated heterocycles. The highest BCUT2D eigenvalue weighted by atomic mass is 15.3. The third-order valence-corrected chi connectivity index (χ3v) is 5.27. The van der Waals surface area contributed by atoms with Crippen LogP contribution in [0.4, 0.5) is 11.8 Å². The average molecular weight is 361 g/mol. The van der Waals surface area contributed by atoms with E-state index in [4.69, 9.17) is 9.97 Å². The Morgan fingerprint density at radius 1 is 0.926 bits per heavy atom. The van der Waals surface area contributed by atoms with Crippen LogP contribution in [0.5, 0.6) is 0 Å². The molecular weight excluding hydrogens is 334 g/mol. The van der Waals surface area contributed by atoms with Crippen LogP contribution in [0.2, 0.25) is 0 Å². The largest absolute Gasteiger partial charge is 0.365 e. The van der Waals surface area contributed by atoms with Crippen molar-refractivity contribution in [1.29, 1.82) is 0 Å². The summed E-state index contributed by atoms with van der Waals surface area (Å²) in [5.74, 6) is 1.74. The van der Waals surface area contributed by atoms with Gasteiger partial charge in [-0.05, 0) is 31.2 Å². The van der Waals surface area contributed by atoms with Crippen LogP contribution >= 0.6 is 0 Å². The van der Waals surface area contributed by atoms with Crippen LogP contribution in [0.15, 0.2) is 48.5 Å². The van der Waals surface area contributed by atoms with E-state index in [9.17, 15) is 0 Å². The molecule has 5 nitrogen and oxygen atoms in total. The number of benzene rings is 2. The standard InChI is InChI=1S/C22H27N5/c1-3-26-12-14-27(15-13-26)22-24-20-7-5-4-6-19(20)21(25-22)23-16-18-10-8-17(2)9-11-18/h4-11H,3,12-16H2,1-2H3,(H,23,24,25). The van der Waals surface area contributed by atoms with Gasteiger partial charge in [-0.2, -0.15) is 4.98 Å². The van der Waals surface area contributed by atoms with E-state index in [2.05, 4.69) is 65.4 Å². The molecule has 3 aromatic rings. The molecule has 0 unspecified atom stereocenters. The minimum Gasteiger partial charge on any atom is -0.365 e. The first-order chi connectivity index (χ1) is 13.2. The van der Waals surface area contributed by atoms with Crippen molar-refractivity contribution < 1.29 is 0 Å². The van der Waals surface area contributed by atoms with Gasteiger partial charge in [0, 0.05) is 38.1 Å². The summed E-state index contributed by atoms with van der Waals surface area (Å²) in [4.78, 5) is 14.5. The van der Waals surface area contributed by atoms with E-state index in [1.165, 1.54) is 11.1 Å². The van der Waals surface area contributed by atoms with Crippen LogP contribution in [0, 0.1) is 6.92 Å². The van der Waals surface area contributed by atoms with Gasteiger partial charge in [-0.25, -0.2) is 4.98 Å². The van der Waals surface area contributed by atoms with Gasteiger partial charge in [-0.3, -0.25) is 0 Å². The highest BCUT2D eigenvalue weighted by Gasteiger charge is 2.19. The summed E-state index contributed by atoms with van der Waals surface area (Å²) in [7, 11) is 0. The molecule has 5 heteroatoms. The number of aryl methyl sites for hydroxylation is 1. The van der Waals surface area contributed by atoms with Crippen LogP contribution in [-0.4, -0.2) is 47.6 Å². The van der Waals surface area contributed by atoms with E-state index in [0.717, 1.165) is 61.9 Å². The van der Waals surface area contributed by atoms with E-state index in [1.54, 1.807) is 0 Å². The zero-order valence-corrected chi connectivity index (χ0v) is 16.2. The molecule has 2 aromatic carbocycles. The van der Waals surface area contributed by atoms with Crippen molar-refractivity contribution >= 4 is 22.7 Å². The number of fused-ring (bicyclic) bond motifs is 1. The van der Waals surface area contributed by atoms with Crippen molar-refractivity contribution in [3.8, 4) is 0 Å². The number of hydrogen-bond donors (Lipinski definition) is 1. The Labute approximate surface area is 161 Å². The van der Waals surface area contributed by atoms with E-state index < -0.39 is 0 Å². The molecule has 140 valence electrons. The van der Waals surface area contributed by atoms with E-state index in [0.29, 0.717) is 0 Å². The molecule has 1 aliphatic rings. The summed E-state index contributed by atoms with van der Waals surface area (Å²) < 4.78 is 0. The predicted octanol–water partition coefficient (Wildman–Crippen LogP) is 3.69. The maximum atomic E-state index is 4.89. The van der Waals surface area contributed by atoms with Crippen LogP contribution in [-0.2, 0) is 6.54 Å². The number of piperazine rings is 1. The zero-order chi connectivity index (χ0) is 18.6. The molecule has 1 aliphatic heterocycles. The number of hydrogen-bond acceptors (Lipinski definition) is 5. The third kappa shape index (κ3) is 4.03. The number of rotatable bonds is 5. The molecule has 2 heterocycles. The fraction of sp³-hybridized carbons (Fsp3) is 0.364.